The fraction of sp³-hybridized carbons (Fsp3) is 0.717. The van der Waals surface area contributed by atoms with Crippen LogP contribution < -0.4 is 5.32 Å². The maximum atomic E-state index is 14.4. The molecular weight excluding hydrogens is 935 g/mol. The minimum Gasteiger partial charge on any atom is -0.459 e. The molecule has 1 amide bonds. The van der Waals surface area contributed by atoms with Crippen LogP contribution in [-0.2, 0) is 69.5 Å². The van der Waals surface area contributed by atoms with E-state index in [-0.39, 0.29) is 68.2 Å². The average Bonchev–Trinajstić information content (AvgIpc) is 4.04. The minimum atomic E-state index is -4.57. The van der Waals surface area contributed by atoms with Crippen LogP contribution in [0.1, 0.15) is 121 Å². The van der Waals surface area contributed by atoms with Crippen molar-refractivity contribution in [3.05, 3.63) is 69.8 Å². The molecule has 12 nitrogen and oxygen atoms in total. The summed E-state index contributed by atoms with van der Waals surface area (Å²) in [7, 11) is 0. The molecule has 6 fully saturated rings. The fourth-order valence-corrected chi connectivity index (χ4v) is 11.2. The Morgan fingerprint density at radius 2 is 0.901 bits per heavy atom. The van der Waals surface area contributed by atoms with Crippen molar-refractivity contribution >= 4 is 18.0 Å². The van der Waals surface area contributed by atoms with Gasteiger partial charge in [-0.25, -0.2) is 4.79 Å². The molecule has 18 heteroatoms. The van der Waals surface area contributed by atoms with Gasteiger partial charge in [-0.2, -0.15) is 26.3 Å². The third-order valence-corrected chi connectivity index (χ3v) is 14.7. The summed E-state index contributed by atoms with van der Waals surface area (Å²) >= 11 is 0. The van der Waals surface area contributed by atoms with Gasteiger partial charge in [0.05, 0.1) is 22.0 Å². The predicted octanol–water partition coefficient (Wildman–Crippen LogP) is 9.14. The molecule has 6 saturated heterocycles. The molecular formula is C53H74F6N4O8. The quantitative estimate of drug-likeness (QED) is 0.155. The highest BCUT2D eigenvalue weighted by Gasteiger charge is 2.49. The number of hydrogen-bond acceptors (Lipinski definition) is 11. The smallest absolute Gasteiger partial charge is 0.416 e. The van der Waals surface area contributed by atoms with E-state index < -0.39 is 63.1 Å². The molecule has 0 aliphatic carbocycles. The molecule has 1 N–H and O–H groups in total. The van der Waals surface area contributed by atoms with Crippen molar-refractivity contribution < 1.29 is 64.4 Å². The summed E-state index contributed by atoms with van der Waals surface area (Å²) in [5, 5.41) is 3.36. The van der Waals surface area contributed by atoms with Crippen molar-refractivity contribution in [1.82, 2.24) is 20.0 Å². The minimum absolute atomic E-state index is 0.150. The second kappa shape index (κ2) is 20.7. The van der Waals surface area contributed by atoms with Crippen LogP contribution in [0.3, 0.4) is 0 Å². The van der Waals surface area contributed by atoms with Crippen molar-refractivity contribution in [3.8, 4) is 0 Å². The number of carbonyl (C=O) groups excluding carboxylic acids is 3. The SMILES string of the molecule is CC(C)(C)OC(=O)C1(c2ccc(CN3CC4CNCC4C3)c(C(F)(F)F)c2)CCOCC1.CC(C)(C)OC(=O)N1CC2CN(Cc3ccc(C4(C(=O)OC(C)(C)C)CCOCC4)cc3C(F)(F)F)CC2C1. The highest BCUT2D eigenvalue weighted by molar-refractivity contribution is 5.84. The Morgan fingerprint density at radius 1 is 0.549 bits per heavy atom. The van der Waals surface area contributed by atoms with Crippen LogP contribution in [0.25, 0.3) is 0 Å². The lowest BCUT2D eigenvalue weighted by Crippen LogP contribution is -2.45. The van der Waals surface area contributed by atoms with Gasteiger partial charge >= 0.3 is 30.4 Å². The molecule has 6 aliphatic rings. The molecule has 0 saturated carbocycles. The van der Waals surface area contributed by atoms with Gasteiger partial charge < -0.3 is 33.9 Å². The van der Waals surface area contributed by atoms with E-state index in [1.165, 1.54) is 12.1 Å². The first-order valence-electron chi connectivity index (χ1n) is 25.1. The van der Waals surface area contributed by atoms with Gasteiger partial charge in [-0.3, -0.25) is 19.4 Å². The highest BCUT2D eigenvalue weighted by Crippen LogP contribution is 2.44. The Labute approximate surface area is 414 Å². The lowest BCUT2D eigenvalue weighted by molar-refractivity contribution is -0.167. The van der Waals surface area contributed by atoms with Crippen molar-refractivity contribution in [2.75, 3.05) is 78.8 Å². The van der Waals surface area contributed by atoms with E-state index in [0.717, 1.165) is 32.2 Å². The van der Waals surface area contributed by atoms with Crippen molar-refractivity contribution in [1.29, 1.82) is 0 Å². The van der Waals surface area contributed by atoms with Crippen LogP contribution in [0.5, 0.6) is 0 Å². The molecule has 396 valence electrons. The summed E-state index contributed by atoms with van der Waals surface area (Å²) in [6.45, 7) is 23.4. The van der Waals surface area contributed by atoms with Crippen LogP contribution in [-0.4, -0.2) is 128 Å². The number of likely N-dealkylation sites (tertiary alicyclic amines) is 3. The number of esters is 2. The molecule has 4 atom stereocenters. The first kappa shape index (κ1) is 54.8. The largest absolute Gasteiger partial charge is 0.459 e. The first-order chi connectivity index (χ1) is 32.9. The van der Waals surface area contributed by atoms with Gasteiger partial charge in [0.25, 0.3) is 0 Å². The van der Waals surface area contributed by atoms with Gasteiger partial charge in [0.1, 0.15) is 16.8 Å². The molecule has 0 bridgehead atoms. The maximum Gasteiger partial charge on any atom is 0.416 e. The zero-order valence-corrected chi connectivity index (χ0v) is 42.9. The number of nitrogens with one attached hydrogen (secondary N) is 1. The van der Waals surface area contributed by atoms with E-state index in [1.54, 1.807) is 64.6 Å². The van der Waals surface area contributed by atoms with E-state index in [9.17, 15) is 40.7 Å². The summed E-state index contributed by atoms with van der Waals surface area (Å²) in [5.41, 5.74) is -4.60. The summed E-state index contributed by atoms with van der Waals surface area (Å²) in [5.74, 6) is 0.435. The molecule has 0 aromatic heterocycles. The van der Waals surface area contributed by atoms with Gasteiger partial charge in [0.15, 0.2) is 0 Å². The Kier molecular flexibility index (Phi) is 16.0. The van der Waals surface area contributed by atoms with Gasteiger partial charge in [0.2, 0.25) is 0 Å². The lowest BCUT2D eigenvalue weighted by atomic mass is 9.73. The first-order valence-corrected chi connectivity index (χ1v) is 25.1. The average molecular weight is 1010 g/mol. The second-order valence-electron chi connectivity index (χ2n) is 23.6. The van der Waals surface area contributed by atoms with Gasteiger partial charge in [-0.1, -0.05) is 24.3 Å². The Balaban J connectivity index is 0.000000213. The Morgan fingerprint density at radius 3 is 1.24 bits per heavy atom. The number of rotatable bonds is 8. The monoisotopic (exact) mass is 1010 g/mol. The van der Waals surface area contributed by atoms with Crippen molar-refractivity contribution in [2.45, 2.75) is 141 Å². The summed E-state index contributed by atoms with van der Waals surface area (Å²) in [6.07, 6.45) is -8.27. The number of amides is 1. The molecule has 71 heavy (non-hydrogen) atoms. The predicted molar refractivity (Wildman–Crippen MR) is 253 cm³/mol. The number of hydrogen-bond donors (Lipinski definition) is 1. The molecule has 2 aromatic rings. The summed E-state index contributed by atoms with van der Waals surface area (Å²) in [4.78, 5) is 44.8. The Bertz CT molecular complexity index is 2200. The van der Waals surface area contributed by atoms with Crippen LogP contribution >= 0.6 is 0 Å². The molecule has 6 aliphatic heterocycles. The third-order valence-electron chi connectivity index (χ3n) is 14.7. The number of benzene rings is 2. The molecule has 4 unspecified atom stereocenters. The van der Waals surface area contributed by atoms with E-state index in [2.05, 4.69) is 10.2 Å². The van der Waals surface area contributed by atoms with E-state index >= 15 is 0 Å². The third kappa shape index (κ3) is 13.2. The second-order valence-corrected chi connectivity index (χ2v) is 23.6. The topological polar surface area (TPSA) is 119 Å². The number of carbonyl (C=O) groups is 3. The fourth-order valence-electron chi connectivity index (χ4n) is 11.2. The molecule has 0 radical (unpaired) electrons. The zero-order valence-electron chi connectivity index (χ0n) is 42.9. The number of fused-ring (bicyclic) bond motifs is 2. The lowest BCUT2D eigenvalue weighted by Gasteiger charge is -2.38. The molecule has 6 heterocycles. The normalized spacial score (nSPS) is 25.0. The Hall–Kier alpha value is -3.97. The van der Waals surface area contributed by atoms with Gasteiger partial charge in [0, 0.05) is 78.8 Å². The van der Waals surface area contributed by atoms with Crippen molar-refractivity contribution in [3.63, 3.8) is 0 Å². The van der Waals surface area contributed by atoms with Crippen LogP contribution in [0.2, 0.25) is 0 Å². The van der Waals surface area contributed by atoms with Gasteiger partial charge in [-0.05, 0) is 159 Å². The maximum absolute atomic E-state index is 14.4. The van der Waals surface area contributed by atoms with Crippen LogP contribution in [0.4, 0.5) is 31.1 Å². The van der Waals surface area contributed by atoms with E-state index in [0.29, 0.717) is 75.2 Å². The number of ether oxygens (including phenoxy) is 5. The summed E-state index contributed by atoms with van der Waals surface area (Å²) in [6, 6.07) is 8.75. The van der Waals surface area contributed by atoms with Crippen LogP contribution in [0, 0.1) is 23.7 Å². The number of halogens is 6. The summed E-state index contributed by atoms with van der Waals surface area (Å²) < 4.78 is 113. The molecule has 2 aromatic carbocycles. The number of alkyl halides is 6. The highest BCUT2D eigenvalue weighted by atomic mass is 19.4. The standard InChI is InChI=1S/C29H41F3N2O5.C24H33F3N2O3/c1-26(2,3)38-24(35)28(9-11-37-12-10-28)22-8-7-19(23(13-22)29(30,31)32)14-33-15-20-17-34(18-21(20)16-33)25(36)39-27(4,5)6;1-22(2,3)32-21(30)23(6-8-31-9-7-23)19-5-4-16(20(10-19)24(25,26)27)13-29-14-17-11-28-12-18(17)15-29/h7-8,13,20-21H,9-12,14-18H2,1-6H3;4-5,10,17-18,28H,6-9,11-15H2,1-3H3. The van der Waals surface area contributed by atoms with Crippen molar-refractivity contribution in [2.24, 2.45) is 23.7 Å². The van der Waals surface area contributed by atoms with E-state index in [4.69, 9.17) is 23.7 Å². The van der Waals surface area contributed by atoms with Crippen LogP contribution in [0.15, 0.2) is 36.4 Å². The molecule has 8 rings (SSSR count). The van der Waals surface area contributed by atoms with E-state index in [1.807, 2.05) is 25.7 Å². The zero-order chi connectivity index (χ0) is 52.0. The van der Waals surface area contributed by atoms with Gasteiger partial charge in [-0.15, -0.1) is 0 Å². The number of nitrogens with zero attached hydrogens (tertiary/aromatic N) is 3. The molecule has 0 spiro atoms.